The molecule has 156 valence electrons. The van der Waals surface area contributed by atoms with Gasteiger partial charge in [-0.1, -0.05) is 66.8 Å². The molecule has 1 N–H and O–H groups in total. The van der Waals surface area contributed by atoms with Crippen LogP contribution in [-0.2, 0) is 22.6 Å². The van der Waals surface area contributed by atoms with Crippen LogP contribution >= 0.6 is 34.8 Å². The molecule has 0 saturated carbocycles. The average molecular weight is 456 g/mol. The van der Waals surface area contributed by atoms with Gasteiger partial charge in [-0.15, -0.1) is 0 Å². The summed E-state index contributed by atoms with van der Waals surface area (Å²) in [5.74, 6) is -0.0385. The van der Waals surface area contributed by atoms with Crippen LogP contribution in [0.25, 0.3) is 0 Å². The molecule has 0 bridgehead atoms. The first-order valence-corrected chi connectivity index (χ1v) is 10.6. The molecule has 2 amide bonds. The van der Waals surface area contributed by atoms with Crippen molar-refractivity contribution in [3.8, 4) is 0 Å². The molecule has 0 unspecified atom stereocenters. The predicted molar refractivity (Wildman–Crippen MR) is 119 cm³/mol. The van der Waals surface area contributed by atoms with Crippen molar-refractivity contribution in [2.75, 3.05) is 6.54 Å². The summed E-state index contributed by atoms with van der Waals surface area (Å²) in [6.45, 7) is 6.63. The third-order valence-electron chi connectivity index (χ3n) is 4.46. The van der Waals surface area contributed by atoms with Crippen molar-refractivity contribution in [1.82, 2.24) is 10.2 Å². The van der Waals surface area contributed by atoms with Gasteiger partial charge in [0, 0.05) is 18.1 Å². The van der Waals surface area contributed by atoms with Crippen LogP contribution in [0.5, 0.6) is 0 Å². The number of nitrogens with zero attached hydrogens (tertiary/aromatic N) is 1. The Hall–Kier alpha value is -1.75. The monoisotopic (exact) mass is 454 g/mol. The third-order valence-corrected chi connectivity index (χ3v) is 5.45. The molecule has 1 atom stereocenters. The highest BCUT2D eigenvalue weighted by atomic mass is 35.5. The first-order valence-electron chi connectivity index (χ1n) is 9.43. The average Bonchev–Trinajstić information content (AvgIpc) is 2.67. The molecular formula is C22H25Cl3N2O2. The van der Waals surface area contributed by atoms with Crippen LogP contribution < -0.4 is 5.32 Å². The van der Waals surface area contributed by atoms with Gasteiger partial charge in [0.2, 0.25) is 11.8 Å². The fourth-order valence-corrected chi connectivity index (χ4v) is 3.19. The Labute approximate surface area is 187 Å². The summed E-state index contributed by atoms with van der Waals surface area (Å²) in [6.07, 6.45) is 0.117. The van der Waals surface area contributed by atoms with Crippen molar-refractivity contribution in [2.45, 2.75) is 39.8 Å². The van der Waals surface area contributed by atoms with Gasteiger partial charge in [-0.25, -0.2) is 0 Å². The second kappa shape index (κ2) is 10.9. The van der Waals surface area contributed by atoms with Crippen molar-refractivity contribution in [1.29, 1.82) is 0 Å². The van der Waals surface area contributed by atoms with Crippen LogP contribution in [0.2, 0.25) is 15.1 Å². The Morgan fingerprint density at radius 3 is 2.14 bits per heavy atom. The summed E-state index contributed by atoms with van der Waals surface area (Å²) in [5, 5.41) is 4.34. The van der Waals surface area contributed by atoms with E-state index in [2.05, 4.69) is 5.32 Å². The molecule has 2 aromatic carbocycles. The second-order valence-corrected chi connectivity index (χ2v) is 8.64. The van der Waals surface area contributed by atoms with Crippen LogP contribution in [0.3, 0.4) is 0 Å². The van der Waals surface area contributed by atoms with E-state index >= 15 is 0 Å². The number of amides is 2. The fourth-order valence-electron chi connectivity index (χ4n) is 2.75. The molecular weight excluding hydrogens is 431 g/mol. The zero-order valence-corrected chi connectivity index (χ0v) is 19.0. The van der Waals surface area contributed by atoms with Gasteiger partial charge in [-0.2, -0.15) is 0 Å². The largest absolute Gasteiger partial charge is 0.354 e. The number of nitrogens with one attached hydrogen (secondary N) is 1. The van der Waals surface area contributed by atoms with Crippen molar-refractivity contribution in [3.05, 3.63) is 68.7 Å². The highest BCUT2D eigenvalue weighted by Crippen LogP contribution is 2.23. The summed E-state index contributed by atoms with van der Waals surface area (Å²) in [4.78, 5) is 27.3. The second-order valence-electron chi connectivity index (χ2n) is 7.39. The molecule has 2 aromatic rings. The van der Waals surface area contributed by atoms with E-state index in [-0.39, 0.29) is 18.2 Å². The molecule has 0 fully saturated rings. The predicted octanol–water partition coefficient (Wildman–Crippen LogP) is 5.38. The highest BCUT2D eigenvalue weighted by molar-refractivity contribution is 6.42. The van der Waals surface area contributed by atoms with E-state index in [9.17, 15) is 9.59 Å². The van der Waals surface area contributed by atoms with Gasteiger partial charge in [0.15, 0.2) is 0 Å². The number of carbonyl (C=O) groups excluding carboxylic acids is 2. The van der Waals surface area contributed by atoms with Crippen molar-refractivity contribution in [3.63, 3.8) is 0 Å². The van der Waals surface area contributed by atoms with Crippen LogP contribution in [-0.4, -0.2) is 29.3 Å². The molecule has 2 rings (SSSR count). The third kappa shape index (κ3) is 7.22. The van der Waals surface area contributed by atoms with Gasteiger partial charge in [-0.3, -0.25) is 9.59 Å². The van der Waals surface area contributed by atoms with E-state index in [1.165, 1.54) is 0 Å². The normalized spacial score (nSPS) is 12.0. The van der Waals surface area contributed by atoms with Gasteiger partial charge >= 0.3 is 0 Å². The molecule has 29 heavy (non-hydrogen) atoms. The maximum absolute atomic E-state index is 13.1. The van der Waals surface area contributed by atoms with Crippen molar-refractivity contribution < 1.29 is 9.59 Å². The van der Waals surface area contributed by atoms with Gasteiger partial charge in [0.25, 0.3) is 0 Å². The summed E-state index contributed by atoms with van der Waals surface area (Å²) in [7, 11) is 0. The minimum absolute atomic E-state index is 0.117. The maximum atomic E-state index is 13.1. The van der Waals surface area contributed by atoms with E-state index in [1.807, 2.05) is 26.0 Å². The smallest absolute Gasteiger partial charge is 0.242 e. The quantitative estimate of drug-likeness (QED) is 0.581. The summed E-state index contributed by atoms with van der Waals surface area (Å²) in [5.41, 5.74) is 1.63. The Bertz CT molecular complexity index is 854. The minimum Gasteiger partial charge on any atom is -0.354 e. The van der Waals surface area contributed by atoms with Crippen LogP contribution in [0.15, 0.2) is 42.5 Å². The number of carbonyl (C=O) groups is 2. The zero-order chi connectivity index (χ0) is 21.6. The van der Waals surface area contributed by atoms with E-state index in [4.69, 9.17) is 34.8 Å². The van der Waals surface area contributed by atoms with Gasteiger partial charge in [-0.05, 0) is 48.2 Å². The number of hydrogen-bond donors (Lipinski definition) is 1. The van der Waals surface area contributed by atoms with Gasteiger partial charge in [0.1, 0.15) is 6.04 Å². The molecule has 0 aromatic heterocycles. The Morgan fingerprint density at radius 2 is 1.55 bits per heavy atom. The molecule has 0 radical (unpaired) electrons. The first kappa shape index (κ1) is 23.5. The Morgan fingerprint density at radius 1 is 0.931 bits per heavy atom. The zero-order valence-electron chi connectivity index (χ0n) is 16.7. The highest BCUT2D eigenvalue weighted by Gasteiger charge is 2.26. The maximum Gasteiger partial charge on any atom is 0.242 e. The van der Waals surface area contributed by atoms with Crippen LogP contribution in [0.1, 0.15) is 31.9 Å². The Balaban J connectivity index is 2.21. The lowest BCUT2D eigenvalue weighted by molar-refractivity contribution is -0.140. The summed E-state index contributed by atoms with van der Waals surface area (Å²) >= 11 is 18.0. The van der Waals surface area contributed by atoms with Crippen LogP contribution in [0, 0.1) is 5.92 Å². The number of rotatable bonds is 8. The molecule has 0 aliphatic heterocycles. The Kier molecular flexibility index (Phi) is 8.81. The van der Waals surface area contributed by atoms with Crippen molar-refractivity contribution >= 4 is 46.6 Å². The van der Waals surface area contributed by atoms with E-state index in [0.717, 1.165) is 11.1 Å². The number of benzene rings is 2. The standard InChI is InChI=1S/C22H25Cl3N2O2/c1-14(2)12-26-22(29)15(3)27(13-16-4-7-18(23)8-5-16)21(28)11-17-6-9-19(24)20(25)10-17/h4-10,14-15H,11-13H2,1-3H3,(H,26,29)/t15-/m0/s1. The van der Waals surface area contributed by atoms with E-state index in [0.29, 0.717) is 34.1 Å². The van der Waals surface area contributed by atoms with Gasteiger partial charge in [0.05, 0.1) is 16.5 Å². The number of hydrogen-bond acceptors (Lipinski definition) is 2. The lowest BCUT2D eigenvalue weighted by Crippen LogP contribution is -2.48. The lowest BCUT2D eigenvalue weighted by Gasteiger charge is -2.29. The SMILES string of the molecule is CC(C)CNC(=O)[C@H](C)N(Cc1ccc(Cl)cc1)C(=O)Cc1ccc(Cl)c(Cl)c1. The summed E-state index contributed by atoms with van der Waals surface area (Å²) in [6, 6.07) is 11.7. The molecule has 0 spiro atoms. The fraction of sp³-hybridized carbons (Fsp3) is 0.364. The first-order chi connectivity index (χ1) is 13.7. The van der Waals surface area contributed by atoms with Crippen molar-refractivity contribution in [2.24, 2.45) is 5.92 Å². The summed E-state index contributed by atoms with van der Waals surface area (Å²) < 4.78 is 0. The van der Waals surface area contributed by atoms with E-state index in [1.54, 1.807) is 42.2 Å². The number of halogens is 3. The molecule has 0 aliphatic rings. The molecule has 4 nitrogen and oxygen atoms in total. The topological polar surface area (TPSA) is 49.4 Å². The van der Waals surface area contributed by atoms with Crippen LogP contribution in [0.4, 0.5) is 0 Å². The molecule has 0 saturated heterocycles. The molecule has 0 heterocycles. The lowest BCUT2D eigenvalue weighted by atomic mass is 10.1. The molecule has 0 aliphatic carbocycles. The molecule has 7 heteroatoms. The van der Waals surface area contributed by atoms with Gasteiger partial charge < -0.3 is 10.2 Å². The van der Waals surface area contributed by atoms with E-state index < -0.39 is 6.04 Å². The minimum atomic E-state index is -0.625.